The lowest BCUT2D eigenvalue weighted by molar-refractivity contribution is -0.137. The number of hydrogen-bond acceptors (Lipinski definition) is 2. The number of nitrogens with zero attached hydrogens (tertiary/aromatic N) is 2. The van der Waals surface area contributed by atoms with Crippen molar-refractivity contribution in [1.29, 1.82) is 0 Å². The summed E-state index contributed by atoms with van der Waals surface area (Å²) in [4.78, 5) is 17.4. The third kappa shape index (κ3) is 3.45. The van der Waals surface area contributed by atoms with Gasteiger partial charge in [0.15, 0.2) is 0 Å². The van der Waals surface area contributed by atoms with Crippen molar-refractivity contribution >= 4 is 5.91 Å². The van der Waals surface area contributed by atoms with Crippen LogP contribution in [0.15, 0.2) is 24.3 Å². The highest BCUT2D eigenvalue weighted by atomic mass is 16.2. The maximum Gasteiger partial charge on any atom is 0.225 e. The highest BCUT2D eigenvalue weighted by Gasteiger charge is 2.40. The van der Waals surface area contributed by atoms with Crippen molar-refractivity contribution in [2.24, 2.45) is 11.3 Å². The lowest BCUT2D eigenvalue weighted by atomic mass is 9.75. The van der Waals surface area contributed by atoms with Crippen molar-refractivity contribution in [1.82, 2.24) is 9.80 Å². The fourth-order valence-corrected chi connectivity index (χ4v) is 4.38. The molecule has 1 fully saturated rings. The van der Waals surface area contributed by atoms with Gasteiger partial charge in [-0.1, -0.05) is 45.0 Å². The number of rotatable bonds is 2. The summed E-state index contributed by atoms with van der Waals surface area (Å²) in [6, 6.07) is 8.72. The Hall–Kier alpha value is -1.35. The van der Waals surface area contributed by atoms with Gasteiger partial charge in [-0.3, -0.25) is 4.79 Å². The van der Waals surface area contributed by atoms with E-state index in [1.165, 1.54) is 30.5 Å². The third-order valence-electron chi connectivity index (χ3n) is 5.56. The van der Waals surface area contributed by atoms with Crippen LogP contribution >= 0.6 is 0 Å². The first kappa shape index (κ1) is 16.5. The van der Waals surface area contributed by atoms with E-state index >= 15 is 0 Å². The molecule has 3 rings (SSSR count). The van der Waals surface area contributed by atoms with Crippen molar-refractivity contribution in [2.75, 3.05) is 26.2 Å². The van der Waals surface area contributed by atoms with Crippen LogP contribution in [0.1, 0.15) is 44.7 Å². The van der Waals surface area contributed by atoms with Crippen molar-refractivity contribution < 1.29 is 4.79 Å². The molecule has 2 aliphatic heterocycles. The molecule has 1 unspecified atom stereocenters. The molecule has 1 atom stereocenters. The minimum Gasteiger partial charge on any atom is -0.338 e. The quantitative estimate of drug-likeness (QED) is 0.836. The van der Waals surface area contributed by atoms with Crippen LogP contribution < -0.4 is 0 Å². The summed E-state index contributed by atoms with van der Waals surface area (Å²) in [6.07, 6.45) is 3.60. The molecule has 3 heteroatoms. The van der Waals surface area contributed by atoms with Gasteiger partial charge in [-0.15, -0.1) is 0 Å². The maximum absolute atomic E-state index is 12.7. The van der Waals surface area contributed by atoms with Gasteiger partial charge < -0.3 is 9.80 Å². The van der Waals surface area contributed by atoms with Gasteiger partial charge in [-0.25, -0.2) is 0 Å². The van der Waals surface area contributed by atoms with Gasteiger partial charge in [0, 0.05) is 31.0 Å². The summed E-state index contributed by atoms with van der Waals surface area (Å²) in [7, 11) is 0. The van der Waals surface area contributed by atoms with Gasteiger partial charge in [-0.2, -0.15) is 0 Å². The summed E-state index contributed by atoms with van der Waals surface area (Å²) in [5, 5.41) is 0. The Bertz CT molecular complexity index is 569. The highest BCUT2D eigenvalue weighted by molar-refractivity contribution is 5.78. The predicted molar refractivity (Wildman–Crippen MR) is 94.2 cm³/mol. The average Bonchev–Trinajstić information content (AvgIpc) is 2.70. The summed E-state index contributed by atoms with van der Waals surface area (Å²) in [6.45, 7) is 11.4. The van der Waals surface area contributed by atoms with Crippen LogP contribution in [0.3, 0.4) is 0 Å². The van der Waals surface area contributed by atoms with E-state index in [-0.39, 0.29) is 11.3 Å². The van der Waals surface area contributed by atoms with Crippen molar-refractivity contribution in [3.63, 3.8) is 0 Å². The topological polar surface area (TPSA) is 23.6 Å². The molecule has 126 valence electrons. The van der Waals surface area contributed by atoms with Gasteiger partial charge >= 0.3 is 0 Å². The number of amides is 1. The fraction of sp³-hybridized carbons (Fsp3) is 0.650. The summed E-state index contributed by atoms with van der Waals surface area (Å²) < 4.78 is 0. The first-order valence-corrected chi connectivity index (χ1v) is 9.11. The van der Waals surface area contributed by atoms with Gasteiger partial charge in [0.1, 0.15) is 0 Å². The monoisotopic (exact) mass is 314 g/mol. The van der Waals surface area contributed by atoms with E-state index < -0.39 is 0 Å². The second kappa shape index (κ2) is 6.64. The Morgan fingerprint density at radius 1 is 1.22 bits per heavy atom. The van der Waals surface area contributed by atoms with Crippen LogP contribution in [-0.4, -0.2) is 41.9 Å². The molecule has 0 saturated carbocycles. The zero-order valence-corrected chi connectivity index (χ0v) is 14.8. The molecule has 1 saturated heterocycles. The lowest BCUT2D eigenvalue weighted by Gasteiger charge is -2.44. The zero-order valence-electron chi connectivity index (χ0n) is 14.8. The zero-order chi connectivity index (χ0) is 16.4. The van der Waals surface area contributed by atoms with E-state index in [2.05, 4.69) is 41.0 Å². The maximum atomic E-state index is 12.7. The first-order valence-electron chi connectivity index (χ1n) is 9.11. The molecule has 0 radical (unpaired) electrons. The van der Waals surface area contributed by atoms with Crippen LogP contribution in [0, 0.1) is 11.3 Å². The predicted octanol–water partition coefficient (Wildman–Crippen LogP) is 3.33. The number of carbonyl (C=O) groups is 1. The van der Waals surface area contributed by atoms with E-state index in [0.717, 1.165) is 32.6 Å². The Kier molecular flexibility index (Phi) is 4.77. The molecule has 0 bridgehead atoms. The van der Waals surface area contributed by atoms with Crippen LogP contribution in [-0.2, 0) is 17.8 Å². The molecule has 2 heterocycles. The van der Waals surface area contributed by atoms with E-state index in [0.29, 0.717) is 5.91 Å². The number of likely N-dealkylation sites (tertiary alicyclic amines) is 1. The first-order chi connectivity index (χ1) is 11.0. The number of hydrogen-bond donors (Lipinski definition) is 0. The number of fused-ring (bicyclic) bond motifs is 1. The van der Waals surface area contributed by atoms with E-state index in [1.54, 1.807) is 0 Å². The molecule has 0 aliphatic carbocycles. The van der Waals surface area contributed by atoms with Gasteiger partial charge in [0.05, 0.1) is 0 Å². The fourth-order valence-electron chi connectivity index (χ4n) is 4.38. The minimum atomic E-state index is 0.0724. The Balaban J connectivity index is 1.95. The van der Waals surface area contributed by atoms with Crippen molar-refractivity contribution in [3.8, 4) is 0 Å². The molecule has 1 aromatic carbocycles. The minimum absolute atomic E-state index is 0.0724. The molecule has 0 aromatic heterocycles. The molecule has 3 nitrogen and oxygen atoms in total. The molecule has 1 aromatic rings. The highest BCUT2D eigenvalue weighted by Crippen LogP contribution is 2.38. The SMILES string of the molecule is CCN1CCCC2(Cc3ccccc3CN(C(=O)C(C)C)C2)C1. The second-order valence-electron chi connectivity index (χ2n) is 7.77. The summed E-state index contributed by atoms with van der Waals surface area (Å²) in [5.74, 6) is 0.373. The molecular weight excluding hydrogens is 284 g/mol. The number of carbonyl (C=O) groups excluding carboxylic acids is 1. The Labute approximate surface area is 140 Å². The molecule has 2 aliphatic rings. The standard InChI is InChI=1S/C20H30N2O/c1-4-21-11-7-10-20(14-21)12-17-8-5-6-9-18(17)13-22(15-20)19(23)16(2)3/h5-6,8-9,16H,4,7,10-15H2,1-3H3. The third-order valence-corrected chi connectivity index (χ3v) is 5.56. The van der Waals surface area contributed by atoms with Crippen molar-refractivity contribution in [2.45, 2.75) is 46.6 Å². The van der Waals surface area contributed by atoms with Gasteiger partial charge in [-0.05, 0) is 43.5 Å². The van der Waals surface area contributed by atoms with E-state index in [4.69, 9.17) is 0 Å². The Morgan fingerprint density at radius 3 is 2.65 bits per heavy atom. The largest absolute Gasteiger partial charge is 0.338 e. The molecule has 23 heavy (non-hydrogen) atoms. The normalized spacial score (nSPS) is 25.5. The average molecular weight is 314 g/mol. The van der Waals surface area contributed by atoms with Crippen molar-refractivity contribution in [3.05, 3.63) is 35.4 Å². The second-order valence-corrected chi connectivity index (χ2v) is 7.77. The van der Waals surface area contributed by atoms with Crippen LogP contribution in [0.25, 0.3) is 0 Å². The Morgan fingerprint density at radius 2 is 1.96 bits per heavy atom. The lowest BCUT2D eigenvalue weighted by Crippen LogP contribution is -2.50. The van der Waals surface area contributed by atoms with Gasteiger partial charge in [0.25, 0.3) is 0 Å². The van der Waals surface area contributed by atoms with E-state index in [1.807, 2.05) is 13.8 Å². The smallest absolute Gasteiger partial charge is 0.225 e. The summed E-state index contributed by atoms with van der Waals surface area (Å²) >= 11 is 0. The van der Waals surface area contributed by atoms with Crippen LogP contribution in [0.5, 0.6) is 0 Å². The number of benzene rings is 1. The molecule has 0 N–H and O–H groups in total. The molecular formula is C20H30N2O. The molecule has 1 amide bonds. The molecule has 1 spiro atoms. The number of piperidine rings is 1. The van der Waals surface area contributed by atoms with Gasteiger partial charge in [0.2, 0.25) is 5.91 Å². The van der Waals surface area contributed by atoms with Crippen LogP contribution in [0.4, 0.5) is 0 Å². The summed E-state index contributed by atoms with van der Waals surface area (Å²) in [5.41, 5.74) is 3.02. The van der Waals surface area contributed by atoms with Crippen LogP contribution in [0.2, 0.25) is 0 Å². The van der Waals surface area contributed by atoms with E-state index in [9.17, 15) is 4.79 Å².